The Bertz CT molecular complexity index is 537. The van der Waals surface area contributed by atoms with Crippen LogP contribution in [0.4, 0.5) is 0 Å². The van der Waals surface area contributed by atoms with Gasteiger partial charge in [0, 0.05) is 25.0 Å². The van der Waals surface area contributed by atoms with Gasteiger partial charge in [0.05, 0.1) is 24.5 Å². The molecule has 2 aromatic heterocycles. The zero-order valence-corrected chi connectivity index (χ0v) is 11.4. The average Bonchev–Trinajstić information content (AvgIpc) is 2.76. The van der Waals surface area contributed by atoms with Crippen molar-refractivity contribution < 1.29 is 4.74 Å². The molecule has 1 atom stereocenters. The molecule has 2 rings (SSSR count). The van der Waals surface area contributed by atoms with Gasteiger partial charge in [0.1, 0.15) is 5.75 Å². The van der Waals surface area contributed by atoms with Crippen molar-refractivity contribution >= 4 is 0 Å². The quantitative estimate of drug-likeness (QED) is 0.623. The van der Waals surface area contributed by atoms with Gasteiger partial charge >= 0.3 is 0 Å². The molecule has 2 aromatic rings. The van der Waals surface area contributed by atoms with Gasteiger partial charge in [-0.2, -0.15) is 5.10 Å². The minimum Gasteiger partial charge on any atom is -0.489 e. The Kier molecular flexibility index (Phi) is 4.13. The highest BCUT2D eigenvalue weighted by Gasteiger charge is 2.15. The Morgan fingerprint density at radius 1 is 1.26 bits per heavy atom. The number of aryl methyl sites for hydroxylation is 1. The Morgan fingerprint density at radius 2 is 2.05 bits per heavy atom. The van der Waals surface area contributed by atoms with Crippen LogP contribution in [-0.2, 0) is 7.05 Å². The topological polar surface area (TPSA) is 78.0 Å². The molecule has 0 bridgehead atoms. The highest BCUT2D eigenvalue weighted by Crippen LogP contribution is 2.23. The lowest BCUT2D eigenvalue weighted by Gasteiger charge is -2.16. The van der Waals surface area contributed by atoms with Gasteiger partial charge in [-0.1, -0.05) is 0 Å². The summed E-state index contributed by atoms with van der Waals surface area (Å²) in [7, 11) is 1.87. The van der Waals surface area contributed by atoms with E-state index in [4.69, 9.17) is 10.6 Å². The van der Waals surface area contributed by atoms with Gasteiger partial charge in [0.2, 0.25) is 0 Å². The summed E-state index contributed by atoms with van der Waals surface area (Å²) >= 11 is 0. The molecule has 0 aliphatic heterocycles. The molecular weight excluding hydrogens is 242 g/mol. The van der Waals surface area contributed by atoms with Crippen LogP contribution in [0.1, 0.15) is 31.0 Å². The first-order valence-electron chi connectivity index (χ1n) is 6.16. The number of nitrogens with one attached hydrogen (secondary N) is 1. The van der Waals surface area contributed by atoms with E-state index in [0.29, 0.717) is 0 Å². The van der Waals surface area contributed by atoms with Crippen LogP contribution < -0.4 is 16.0 Å². The SMILES string of the molecule is CC(C)Oc1cncc(C(NN)c2cnn(C)c2)c1. The summed E-state index contributed by atoms with van der Waals surface area (Å²) in [6.45, 7) is 3.96. The van der Waals surface area contributed by atoms with Gasteiger partial charge in [-0.05, 0) is 25.5 Å². The van der Waals surface area contributed by atoms with E-state index < -0.39 is 0 Å². The first kappa shape index (κ1) is 13.5. The third-order valence-corrected chi connectivity index (χ3v) is 2.66. The highest BCUT2D eigenvalue weighted by atomic mass is 16.5. The molecule has 0 saturated heterocycles. The summed E-state index contributed by atoms with van der Waals surface area (Å²) in [6, 6.07) is 1.78. The van der Waals surface area contributed by atoms with Crippen LogP contribution >= 0.6 is 0 Å². The van der Waals surface area contributed by atoms with Gasteiger partial charge < -0.3 is 4.74 Å². The second-order valence-electron chi connectivity index (χ2n) is 4.67. The van der Waals surface area contributed by atoms with Crippen LogP contribution in [0.3, 0.4) is 0 Å². The minimum absolute atomic E-state index is 0.111. The number of aromatic nitrogens is 3. The molecule has 2 heterocycles. The van der Waals surface area contributed by atoms with E-state index in [0.717, 1.165) is 16.9 Å². The number of hydrogen-bond donors (Lipinski definition) is 2. The van der Waals surface area contributed by atoms with Crippen molar-refractivity contribution in [3.63, 3.8) is 0 Å². The van der Waals surface area contributed by atoms with Crippen LogP contribution in [0.15, 0.2) is 30.9 Å². The van der Waals surface area contributed by atoms with Crippen LogP contribution in [0.5, 0.6) is 5.75 Å². The molecule has 0 spiro atoms. The summed E-state index contributed by atoms with van der Waals surface area (Å²) in [6.07, 6.45) is 7.27. The van der Waals surface area contributed by atoms with Crippen LogP contribution in [0.2, 0.25) is 0 Å². The van der Waals surface area contributed by atoms with Crippen LogP contribution in [-0.4, -0.2) is 20.9 Å². The largest absolute Gasteiger partial charge is 0.489 e. The fourth-order valence-electron chi connectivity index (χ4n) is 1.90. The molecule has 0 fully saturated rings. The number of nitrogens with zero attached hydrogens (tertiary/aromatic N) is 3. The number of pyridine rings is 1. The zero-order chi connectivity index (χ0) is 13.8. The predicted molar refractivity (Wildman–Crippen MR) is 72.4 cm³/mol. The Hall–Kier alpha value is -1.92. The van der Waals surface area contributed by atoms with E-state index in [2.05, 4.69) is 15.5 Å². The molecule has 3 N–H and O–H groups in total. The maximum absolute atomic E-state index is 5.64. The number of hydrazine groups is 1. The second-order valence-corrected chi connectivity index (χ2v) is 4.67. The van der Waals surface area contributed by atoms with E-state index in [1.54, 1.807) is 23.3 Å². The van der Waals surface area contributed by atoms with Crippen LogP contribution in [0, 0.1) is 0 Å². The van der Waals surface area contributed by atoms with E-state index in [1.807, 2.05) is 33.2 Å². The molecule has 6 heteroatoms. The van der Waals surface area contributed by atoms with Gasteiger partial charge in [-0.25, -0.2) is 5.43 Å². The maximum atomic E-state index is 5.64. The van der Waals surface area contributed by atoms with Crippen molar-refractivity contribution in [3.8, 4) is 5.75 Å². The predicted octanol–water partition coefficient (Wildman–Crippen LogP) is 1.15. The van der Waals surface area contributed by atoms with Gasteiger partial charge in [-0.15, -0.1) is 0 Å². The lowest BCUT2D eigenvalue weighted by atomic mass is 10.0. The van der Waals surface area contributed by atoms with Crippen molar-refractivity contribution in [2.45, 2.75) is 26.0 Å². The molecule has 6 nitrogen and oxygen atoms in total. The molecule has 0 saturated carbocycles. The van der Waals surface area contributed by atoms with Gasteiger partial charge in [0.15, 0.2) is 0 Å². The normalized spacial score (nSPS) is 12.7. The Morgan fingerprint density at radius 3 is 2.63 bits per heavy atom. The molecule has 0 radical (unpaired) electrons. The molecular formula is C13H19N5O. The monoisotopic (exact) mass is 261 g/mol. The number of hydrogen-bond acceptors (Lipinski definition) is 5. The van der Waals surface area contributed by atoms with E-state index in [1.165, 1.54) is 0 Å². The minimum atomic E-state index is -0.156. The molecule has 102 valence electrons. The van der Waals surface area contributed by atoms with E-state index in [-0.39, 0.29) is 12.1 Å². The van der Waals surface area contributed by atoms with Crippen molar-refractivity contribution in [3.05, 3.63) is 42.0 Å². The molecule has 0 aromatic carbocycles. The lowest BCUT2D eigenvalue weighted by Crippen LogP contribution is -2.28. The summed E-state index contributed by atoms with van der Waals surface area (Å²) in [4.78, 5) is 4.19. The third-order valence-electron chi connectivity index (χ3n) is 2.66. The highest BCUT2D eigenvalue weighted by molar-refractivity contribution is 5.32. The first-order chi connectivity index (χ1) is 9.10. The Balaban J connectivity index is 2.28. The maximum Gasteiger partial charge on any atom is 0.138 e. The Labute approximate surface area is 112 Å². The van der Waals surface area contributed by atoms with Crippen molar-refractivity contribution in [1.29, 1.82) is 0 Å². The zero-order valence-electron chi connectivity index (χ0n) is 11.4. The number of rotatable bonds is 5. The smallest absolute Gasteiger partial charge is 0.138 e. The second kappa shape index (κ2) is 5.81. The fraction of sp³-hybridized carbons (Fsp3) is 0.385. The van der Waals surface area contributed by atoms with E-state index in [9.17, 15) is 0 Å². The summed E-state index contributed by atoms with van der Waals surface area (Å²) in [5.74, 6) is 6.37. The molecule has 0 aliphatic rings. The van der Waals surface area contributed by atoms with Crippen molar-refractivity contribution in [2.75, 3.05) is 0 Å². The van der Waals surface area contributed by atoms with Crippen LogP contribution in [0.25, 0.3) is 0 Å². The summed E-state index contributed by atoms with van der Waals surface area (Å²) < 4.78 is 7.38. The lowest BCUT2D eigenvalue weighted by molar-refractivity contribution is 0.241. The van der Waals surface area contributed by atoms with Crippen molar-refractivity contribution in [1.82, 2.24) is 20.2 Å². The molecule has 0 amide bonds. The number of nitrogens with two attached hydrogens (primary N) is 1. The first-order valence-corrected chi connectivity index (χ1v) is 6.16. The average molecular weight is 261 g/mol. The van der Waals surface area contributed by atoms with Crippen molar-refractivity contribution in [2.24, 2.45) is 12.9 Å². The molecule has 0 aliphatic carbocycles. The molecule has 1 unspecified atom stereocenters. The standard InChI is InChI=1S/C13H19N5O/c1-9(2)19-12-4-10(5-15-7-12)13(17-14)11-6-16-18(3)8-11/h4-9,13,17H,14H2,1-3H3. The van der Waals surface area contributed by atoms with Gasteiger partial charge in [-0.3, -0.25) is 15.5 Å². The molecule has 19 heavy (non-hydrogen) atoms. The van der Waals surface area contributed by atoms with Gasteiger partial charge in [0.25, 0.3) is 0 Å². The van der Waals surface area contributed by atoms with E-state index >= 15 is 0 Å². The third kappa shape index (κ3) is 3.30. The number of ether oxygens (including phenoxy) is 1. The fourth-order valence-corrected chi connectivity index (χ4v) is 1.90. The summed E-state index contributed by atoms with van der Waals surface area (Å²) in [5, 5.41) is 4.15. The summed E-state index contributed by atoms with van der Waals surface area (Å²) in [5.41, 5.74) is 4.70.